The van der Waals surface area contributed by atoms with Crippen molar-refractivity contribution < 1.29 is 0 Å². The molecule has 0 bridgehead atoms. The Hall–Kier alpha value is -0.570. The van der Waals surface area contributed by atoms with Crippen LogP contribution in [0.4, 0.5) is 0 Å². The van der Waals surface area contributed by atoms with Gasteiger partial charge in [0.25, 0.3) is 0 Å². The van der Waals surface area contributed by atoms with E-state index in [1.807, 2.05) is 31.3 Å². The van der Waals surface area contributed by atoms with Gasteiger partial charge in [0.2, 0.25) is 0 Å². The topological polar surface area (TPSA) is 38.0 Å². The largest absolute Gasteiger partial charge is 0.323 e. The zero-order valence-corrected chi connectivity index (χ0v) is 7.81. The van der Waals surface area contributed by atoms with Crippen molar-refractivity contribution in [3.05, 3.63) is 34.9 Å². The number of likely N-dealkylation sites (N-methyl/N-ethyl adjacent to an activating group) is 1. The Balaban J connectivity index is 2.68. The van der Waals surface area contributed by atoms with E-state index in [0.717, 1.165) is 17.1 Å². The van der Waals surface area contributed by atoms with Crippen molar-refractivity contribution in [3.8, 4) is 0 Å². The number of rotatable bonds is 3. The molecule has 0 saturated heterocycles. The minimum Gasteiger partial charge on any atom is -0.323 e. The van der Waals surface area contributed by atoms with Crippen molar-refractivity contribution in [1.82, 2.24) is 5.32 Å². The Bertz CT molecular complexity index is 233. The van der Waals surface area contributed by atoms with E-state index in [9.17, 15) is 0 Å². The Kier molecular flexibility index (Phi) is 3.53. The highest BCUT2D eigenvalue weighted by Gasteiger charge is 2.02. The molecule has 0 aromatic heterocycles. The molecule has 1 aromatic rings. The van der Waals surface area contributed by atoms with Crippen molar-refractivity contribution in [3.63, 3.8) is 0 Å². The Morgan fingerprint density at radius 1 is 1.42 bits per heavy atom. The van der Waals surface area contributed by atoms with Crippen molar-refractivity contribution in [2.75, 3.05) is 13.6 Å². The normalized spacial score (nSPS) is 12.9. The van der Waals surface area contributed by atoms with Crippen molar-refractivity contribution >= 4 is 11.6 Å². The predicted molar refractivity (Wildman–Crippen MR) is 52.3 cm³/mol. The van der Waals surface area contributed by atoms with Crippen molar-refractivity contribution in [2.45, 2.75) is 6.04 Å². The van der Waals surface area contributed by atoms with Crippen LogP contribution in [0, 0.1) is 0 Å². The number of nitrogens with two attached hydrogens (primary N) is 1. The maximum absolute atomic E-state index is 5.85. The van der Waals surface area contributed by atoms with Crippen molar-refractivity contribution in [1.29, 1.82) is 0 Å². The van der Waals surface area contributed by atoms with Crippen LogP contribution in [0.3, 0.4) is 0 Å². The van der Waals surface area contributed by atoms with E-state index >= 15 is 0 Å². The molecular weight excluding hydrogens is 172 g/mol. The first-order valence-electron chi connectivity index (χ1n) is 3.89. The highest BCUT2D eigenvalue weighted by atomic mass is 35.5. The fraction of sp³-hybridized carbons (Fsp3) is 0.333. The molecule has 3 heteroatoms. The molecule has 0 saturated carbocycles. The molecule has 0 heterocycles. The van der Waals surface area contributed by atoms with Gasteiger partial charge in [0.05, 0.1) is 0 Å². The summed E-state index contributed by atoms with van der Waals surface area (Å²) in [5.41, 5.74) is 6.96. The summed E-state index contributed by atoms with van der Waals surface area (Å²) in [6.07, 6.45) is 0. The summed E-state index contributed by atoms with van der Waals surface area (Å²) in [4.78, 5) is 0. The zero-order chi connectivity index (χ0) is 8.97. The van der Waals surface area contributed by atoms with Gasteiger partial charge in [-0.1, -0.05) is 23.7 Å². The minimum absolute atomic E-state index is 0.0484. The van der Waals surface area contributed by atoms with E-state index in [2.05, 4.69) is 5.32 Å². The smallest absolute Gasteiger partial charge is 0.0421 e. The quantitative estimate of drug-likeness (QED) is 0.749. The molecule has 0 aliphatic carbocycles. The molecule has 1 atom stereocenters. The third-order valence-electron chi connectivity index (χ3n) is 1.72. The van der Waals surface area contributed by atoms with Gasteiger partial charge in [0.1, 0.15) is 0 Å². The molecule has 1 aromatic carbocycles. The van der Waals surface area contributed by atoms with Crippen molar-refractivity contribution in [2.24, 2.45) is 5.73 Å². The fourth-order valence-corrected chi connectivity index (χ4v) is 1.17. The Morgan fingerprint density at radius 3 is 2.50 bits per heavy atom. The SMILES string of the molecule is CNCC(N)c1ccc(Cl)cc1. The van der Waals surface area contributed by atoms with Crippen LogP contribution in [0.5, 0.6) is 0 Å². The summed E-state index contributed by atoms with van der Waals surface area (Å²) in [5.74, 6) is 0. The van der Waals surface area contributed by atoms with Crippen LogP contribution >= 0.6 is 11.6 Å². The number of hydrogen-bond donors (Lipinski definition) is 2. The number of nitrogens with one attached hydrogen (secondary N) is 1. The average molecular weight is 185 g/mol. The van der Waals surface area contributed by atoms with Crippen LogP contribution in [0.2, 0.25) is 5.02 Å². The lowest BCUT2D eigenvalue weighted by atomic mass is 10.1. The molecule has 1 rings (SSSR count). The monoisotopic (exact) mass is 184 g/mol. The van der Waals surface area contributed by atoms with Gasteiger partial charge in [-0.05, 0) is 24.7 Å². The summed E-state index contributed by atoms with van der Waals surface area (Å²) >= 11 is 5.74. The summed E-state index contributed by atoms with van der Waals surface area (Å²) in [6, 6.07) is 7.65. The van der Waals surface area contributed by atoms with Crippen LogP contribution < -0.4 is 11.1 Å². The highest BCUT2D eigenvalue weighted by molar-refractivity contribution is 6.30. The summed E-state index contributed by atoms with van der Waals surface area (Å²) in [5, 5.41) is 3.77. The van der Waals surface area contributed by atoms with Gasteiger partial charge >= 0.3 is 0 Å². The minimum atomic E-state index is 0.0484. The maximum atomic E-state index is 5.85. The zero-order valence-electron chi connectivity index (χ0n) is 7.05. The Morgan fingerprint density at radius 2 is 2.00 bits per heavy atom. The molecule has 0 aliphatic rings. The number of halogens is 1. The third-order valence-corrected chi connectivity index (χ3v) is 1.97. The molecule has 0 amide bonds. The van der Waals surface area contributed by atoms with Crippen LogP contribution in [0.1, 0.15) is 11.6 Å². The summed E-state index contributed by atoms with van der Waals surface area (Å²) in [7, 11) is 1.88. The van der Waals surface area contributed by atoms with Crippen LogP contribution in [-0.2, 0) is 0 Å². The van der Waals surface area contributed by atoms with Crippen LogP contribution in [-0.4, -0.2) is 13.6 Å². The van der Waals surface area contributed by atoms with Gasteiger partial charge in [-0.2, -0.15) is 0 Å². The van der Waals surface area contributed by atoms with E-state index < -0.39 is 0 Å². The van der Waals surface area contributed by atoms with E-state index in [1.54, 1.807) is 0 Å². The molecule has 0 radical (unpaired) electrons. The molecule has 2 nitrogen and oxygen atoms in total. The second-order valence-corrected chi connectivity index (χ2v) is 3.15. The van der Waals surface area contributed by atoms with Crippen LogP contribution in [0.15, 0.2) is 24.3 Å². The molecule has 12 heavy (non-hydrogen) atoms. The maximum Gasteiger partial charge on any atom is 0.0421 e. The highest BCUT2D eigenvalue weighted by Crippen LogP contribution is 2.13. The molecule has 1 unspecified atom stereocenters. The lowest BCUT2D eigenvalue weighted by Gasteiger charge is -2.10. The van der Waals surface area contributed by atoms with Gasteiger partial charge in [-0.25, -0.2) is 0 Å². The summed E-state index contributed by atoms with van der Waals surface area (Å²) in [6.45, 7) is 0.779. The van der Waals surface area contributed by atoms with Gasteiger partial charge in [-0.3, -0.25) is 0 Å². The van der Waals surface area contributed by atoms with Gasteiger partial charge in [0, 0.05) is 17.6 Å². The first kappa shape index (κ1) is 9.52. The Labute approximate surface area is 77.7 Å². The molecule has 0 spiro atoms. The van der Waals surface area contributed by atoms with E-state index in [-0.39, 0.29) is 6.04 Å². The lowest BCUT2D eigenvalue weighted by molar-refractivity contribution is 0.653. The average Bonchev–Trinajstić information content (AvgIpc) is 2.06. The third kappa shape index (κ3) is 2.48. The first-order chi connectivity index (χ1) is 5.74. The van der Waals surface area contributed by atoms with Gasteiger partial charge in [-0.15, -0.1) is 0 Å². The molecule has 0 fully saturated rings. The van der Waals surface area contributed by atoms with E-state index in [4.69, 9.17) is 17.3 Å². The molecule has 0 aliphatic heterocycles. The predicted octanol–water partition coefficient (Wildman–Crippen LogP) is 1.56. The molecule has 3 N–H and O–H groups in total. The van der Waals surface area contributed by atoms with E-state index in [1.165, 1.54) is 0 Å². The molecule has 66 valence electrons. The van der Waals surface area contributed by atoms with E-state index in [0.29, 0.717) is 0 Å². The summed E-state index contributed by atoms with van der Waals surface area (Å²) < 4.78 is 0. The van der Waals surface area contributed by atoms with Crippen LogP contribution in [0.25, 0.3) is 0 Å². The van der Waals surface area contributed by atoms with Gasteiger partial charge in [0.15, 0.2) is 0 Å². The standard InChI is InChI=1S/C9H13ClN2/c1-12-6-9(11)7-2-4-8(10)5-3-7/h2-5,9,12H,6,11H2,1H3. The molecular formula is C9H13ClN2. The second-order valence-electron chi connectivity index (χ2n) is 2.72. The van der Waals surface area contributed by atoms with Gasteiger partial charge < -0.3 is 11.1 Å². The number of benzene rings is 1. The fourth-order valence-electron chi connectivity index (χ4n) is 1.05. The first-order valence-corrected chi connectivity index (χ1v) is 4.27. The second kappa shape index (κ2) is 4.45. The number of hydrogen-bond acceptors (Lipinski definition) is 2. The lowest BCUT2D eigenvalue weighted by Crippen LogP contribution is -2.23.